The molecule has 196 valence electrons. The second kappa shape index (κ2) is 10.7. The van der Waals surface area contributed by atoms with Crippen molar-refractivity contribution in [3.8, 4) is 17.0 Å². The fraction of sp³-hybridized carbons (Fsp3) is 0.409. The van der Waals surface area contributed by atoms with Crippen LogP contribution in [0, 0.1) is 0 Å². The van der Waals surface area contributed by atoms with Gasteiger partial charge in [-0.05, 0) is 24.6 Å². The maximum atomic E-state index is 12.9. The standard InChI is InChI=1S/C20H20F3N3O3.C2HF3O2/c1-28-11-14-8-15(9-24-14)26-10-13-5-6-17(25-18(13)19(26)27)12-3-2-4-16(7-12)29-20(21,22)23;3-2(4,5)1(6)7/h2-7,14-15,24H,8-11H2,1H3;(H,6,7)/t14-,15+;/m0./s1. The molecule has 1 fully saturated rings. The Labute approximate surface area is 200 Å². The SMILES string of the molecule is COC[C@@H]1C[C@@H](N2Cc3ccc(-c4cccc(OC(F)(F)F)c4)nc3C2=O)CN1.O=C(O)C(F)(F)F. The number of halogens is 6. The van der Waals surface area contributed by atoms with Gasteiger partial charge in [0.1, 0.15) is 11.4 Å². The van der Waals surface area contributed by atoms with Gasteiger partial charge in [0.15, 0.2) is 0 Å². The van der Waals surface area contributed by atoms with Crippen LogP contribution in [0.1, 0.15) is 22.5 Å². The van der Waals surface area contributed by atoms with Crippen molar-refractivity contribution < 1.29 is 50.5 Å². The van der Waals surface area contributed by atoms with Crippen LogP contribution < -0.4 is 10.1 Å². The van der Waals surface area contributed by atoms with Crippen molar-refractivity contribution in [3.05, 3.63) is 47.7 Å². The zero-order chi connectivity index (χ0) is 26.7. The normalized spacial score (nSPS) is 19.5. The lowest BCUT2D eigenvalue weighted by Gasteiger charge is -2.22. The summed E-state index contributed by atoms with van der Waals surface area (Å²) in [4.78, 5) is 28.1. The number of hydrogen-bond donors (Lipinski definition) is 2. The van der Waals surface area contributed by atoms with Gasteiger partial charge in [-0.2, -0.15) is 13.2 Å². The molecule has 0 radical (unpaired) electrons. The largest absolute Gasteiger partial charge is 0.573 e. The number of carboxylic acids is 1. The molecule has 0 aliphatic carbocycles. The summed E-state index contributed by atoms with van der Waals surface area (Å²) in [5, 5.41) is 10.5. The number of amides is 1. The van der Waals surface area contributed by atoms with Crippen molar-refractivity contribution in [2.75, 3.05) is 20.3 Å². The molecule has 14 heteroatoms. The summed E-state index contributed by atoms with van der Waals surface area (Å²) in [5.41, 5.74) is 2.04. The molecule has 2 atom stereocenters. The van der Waals surface area contributed by atoms with Crippen LogP contribution in [0.15, 0.2) is 36.4 Å². The summed E-state index contributed by atoms with van der Waals surface area (Å²) >= 11 is 0. The Hall–Kier alpha value is -3.39. The Morgan fingerprint density at radius 2 is 1.89 bits per heavy atom. The summed E-state index contributed by atoms with van der Waals surface area (Å²) in [6.45, 7) is 1.76. The Balaban J connectivity index is 0.000000454. The van der Waals surface area contributed by atoms with E-state index in [1.54, 1.807) is 24.1 Å². The second-order valence-corrected chi connectivity index (χ2v) is 7.97. The number of benzene rings is 1. The van der Waals surface area contributed by atoms with E-state index in [0.717, 1.165) is 12.0 Å². The number of nitrogens with one attached hydrogen (secondary N) is 1. The van der Waals surface area contributed by atoms with E-state index in [9.17, 15) is 31.1 Å². The number of carbonyl (C=O) groups is 2. The van der Waals surface area contributed by atoms with Crippen LogP contribution in [0.4, 0.5) is 26.3 Å². The van der Waals surface area contributed by atoms with Gasteiger partial charge in [-0.1, -0.05) is 18.2 Å². The monoisotopic (exact) mass is 521 g/mol. The van der Waals surface area contributed by atoms with Gasteiger partial charge in [0.2, 0.25) is 0 Å². The molecule has 0 bridgehead atoms. The minimum Gasteiger partial charge on any atom is -0.475 e. The molecule has 0 spiro atoms. The molecule has 1 saturated heterocycles. The van der Waals surface area contributed by atoms with Crippen molar-refractivity contribution in [1.29, 1.82) is 0 Å². The van der Waals surface area contributed by atoms with E-state index in [-0.39, 0.29) is 23.7 Å². The number of nitrogens with zero attached hydrogens (tertiary/aromatic N) is 2. The van der Waals surface area contributed by atoms with E-state index in [1.807, 2.05) is 6.07 Å². The summed E-state index contributed by atoms with van der Waals surface area (Å²) in [6.07, 6.45) is -9.05. The second-order valence-electron chi connectivity index (χ2n) is 7.97. The van der Waals surface area contributed by atoms with Gasteiger partial charge in [-0.25, -0.2) is 9.78 Å². The molecule has 1 aromatic carbocycles. The zero-order valence-electron chi connectivity index (χ0n) is 18.7. The summed E-state index contributed by atoms with van der Waals surface area (Å²) in [7, 11) is 1.64. The third-order valence-corrected chi connectivity index (χ3v) is 5.40. The lowest BCUT2D eigenvalue weighted by atomic mass is 10.1. The number of ether oxygens (including phenoxy) is 2. The molecule has 2 aromatic rings. The molecule has 2 aliphatic heterocycles. The summed E-state index contributed by atoms with van der Waals surface area (Å²) in [6, 6.07) is 9.36. The average Bonchev–Trinajstić information content (AvgIpc) is 3.37. The highest BCUT2D eigenvalue weighted by molar-refractivity contribution is 5.97. The number of carbonyl (C=O) groups excluding carboxylic acids is 1. The van der Waals surface area contributed by atoms with Gasteiger partial charge < -0.3 is 24.8 Å². The molecule has 0 saturated carbocycles. The lowest BCUT2D eigenvalue weighted by Crippen LogP contribution is -2.37. The highest BCUT2D eigenvalue weighted by Crippen LogP contribution is 2.31. The Bertz CT molecular complexity index is 1110. The fourth-order valence-corrected chi connectivity index (χ4v) is 3.86. The van der Waals surface area contributed by atoms with Gasteiger partial charge >= 0.3 is 18.5 Å². The first-order chi connectivity index (χ1) is 16.8. The number of fused-ring (bicyclic) bond motifs is 1. The van der Waals surface area contributed by atoms with Crippen LogP contribution in [-0.2, 0) is 16.1 Å². The first kappa shape index (κ1) is 27.2. The van der Waals surface area contributed by atoms with Gasteiger partial charge in [-0.3, -0.25) is 4.79 Å². The van der Waals surface area contributed by atoms with Gasteiger partial charge in [0, 0.05) is 43.4 Å². The molecule has 36 heavy (non-hydrogen) atoms. The number of aliphatic carboxylic acids is 1. The Morgan fingerprint density at radius 3 is 2.50 bits per heavy atom. The zero-order valence-corrected chi connectivity index (χ0v) is 18.7. The molecule has 8 nitrogen and oxygen atoms in total. The number of rotatable bonds is 5. The van der Waals surface area contributed by atoms with Crippen LogP contribution in [0.2, 0.25) is 0 Å². The minimum absolute atomic E-state index is 0.0591. The van der Waals surface area contributed by atoms with Crippen molar-refractivity contribution in [2.24, 2.45) is 0 Å². The average molecular weight is 521 g/mol. The van der Waals surface area contributed by atoms with Crippen molar-refractivity contribution in [3.63, 3.8) is 0 Å². The first-order valence-corrected chi connectivity index (χ1v) is 10.5. The van der Waals surface area contributed by atoms with Gasteiger partial charge in [-0.15, -0.1) is 13.2 Å². The highest BCUT2D eigenvalue weighted by Gasteiger charge is 2.39. The predicted molar refractivity (Wildman–Crippen MR) is 112 cm³/mol. The number of aromatic nitrogens is 1. The molecule has 1 aromatic heterocycles. The lowest BCUT2D eigenvalue weighted by molar-refractivity contribution is -0.274. The van der Waals surface area contributed by atoms with E-state index in [0.29, 0.717) is 36.6 Å². The maximum absolute atomic E-state index is 12.9. The van der Waals surface area contributed by atoms with E-state index >= 15 is 0 Å². The first-order valence-electron chi connectivity index (χ1n) is 10.5. The predicted octanol–water partition coefficient (Wildman–Crippen LogP) is 3.61. The third-order valence-electron chi connectivity index (χ3n) is 5.40. The molecule has 1 amide bonds. The summed E-state index contributed by atoms with van der Waals surface area (Å²) < 4.78 is 78.3. The van der Waals surface area contributed by atoms with Crippen molar-refractivity contribution in [1.82, 2.24) is 15.2 Å². The number of carboxylic acid groups (broad SMARTS) is 1. The number of hydrogen-bond acceptors (Lipinski definition) is 6. The van der Waals surface area contributed by atoms with Crippen LogP contribution in [0.3, 0.4) is 0 Å². The Kier molecular flexibility index (Phi) is 8.09. The van der Waals surface area contributed by atoms with Gasteiger partial charge in [0.25, 0.3) is 5.91 Å². The van der Waals surface area contributed by atoms with Crippen molar-refractivity contribution >= 4 is 11.9 Å². The maximum Gasteiger partial charge on any atom is 0.573 e. The van der Waals surface area contributed by atoms with Gasteiger partial charge in [0.05, 0.1) is 12.3 Å². The molecule has 4 rings (SSSR count). The van der Waals surface area contributed by atoms with Crippen molar-refractivity contribution in [2.45, 2.75) is 37.6 Å². The highest BCUT2D eigenvalue weighted by atomic mass is 19.4. The Morgan fingerprint density at radius 1 is 1.19 bits per heavy atom. The van der Waals surface area contributed by atoms with Crippen LogP contribution in [0.5, 0.6) is 5.75 Å². The molecular formula is C22H21F6N3O5. The summed E-state index contributed by atoms with van der Waals surface area (Å²) in [5.74, 6) is -3.24. The number of pyridine rings is 1. The molecule has 2 aliphatic rings. The van der Waals surface area contributed by atoms with Crippen LogP contribution in [0.25, 0.3) is 11.3 Å². The molecular weight excluding hydrogens is 500 g/mol. The number of alkyl halides is 6. The van der Waals surface area contributed by atoms with Crippen LogP contribution >= 0.6 is 0 Å². The fourth-order valence-electron chi connectivity index (χ4n) is 3.86. The van der Waals surface area contributed by atoms with Crippen LogP contribution in [-0.4, -0.2) is 71.8 Å². The third kappa shape index (κ3) is 6.85. The van der Waals surface area contributed by atoms with E-state index in [4.69, 9.17) is 14.6 Å². The smallest absolute Gasteiger partial charge is 0.475 e. The van der Waals surface area contributed by atoms with E-state index < -0.39 is 18.5 Å². The quantitative estimate of drug-likeness (QED) is 0.580. The molecule has 0 unspecified atom stereocenters. The van der Waals surface area contributed by atoms with E-state index in [1.165, 1.54) is 18.2 Å². The number of methoxy groups -OCH3 is 1. The minimum atomic E-state index is -5.08. The molecule has 2 N–H and O–H groups in total. The molecule has 3 heterocycles. The van der Waals surface area contributed by atoms with E-state index in [2.05, 4.69) is 15.0 Å². The topological polar surface area (TPSA) is 101 Å².